The lowest BCUT2D eigenvalue weighted by Gasteiger charge is -2.23. The number of H-pyrrole nitrogens is 1. The zero-order valence-electron chi connectivity index (χ0n) is 9.50. The fourth-order valence-corrected chi connectivity index (χ4v) is 1.29. The number of hydrogen-bond donors (Lipinski definition) is 3. The monoisotopic (exact) mass is 225 g/mol. The largest absolute Gasteiger partial charge is 0.370 e. The number of primary amides is 1. The molecule has 4 N–H and O–H groups in total. The third-order valence-electron chi connectivity index (χ3n) is 1.87. The van der Waals surface area contributed by atoms with Crippen LogP contribution in [-0.4, -0.2) is 32.5 Å². The van der Waals surface area contributed by atoms with E-state index < -0.39 is 17.4 Å². The minimum Gasteiger partial charge on any atom is -0.370 e. The second-order valence-corrected chi connectivity index (χ2v) is 4.23. The number of carbonyl (C=O) groups excluding carboxylic acids is 2. The van der Waals surface area contributed by atoms with Crippen LogP contribution in [0.2, 0.25) is 0 Å². The zero-order chi connectivity index (χ0) is 12.3. The standard InChI is InChI=1S/C9H15N5O2/c1-5-11-7(14-13-5)8(16)12-9(2,3)4-6(10)15/h4H2,1-3H3,(H2,10,15)(H,12,16)(H,11,13,14). The first kappa shape index (κ1) is 12.2. The van der Waals surface area contributed by atoms with Gasteiger partial charge < -0.3 is 11.1 Å². The number of aryl methyl sites for hydroxylation is 1. The van der Waals surface area contributed by atoms with Gasteiger partial charge in [0.05, 0.1) is 0 Å². The van der Waals surface area contributed by atoms with Gasteiger partial charge in [0.2, 0.25) is 11.7 Å². The van der Waals surface area contributed by atoms with E-state index in [4.69, 9.17) is 5.73 Å². The van der Waals surface area contributed by atoms with Gasteiger partial charge in [-0.25, -0.2) is 4.98 Å². The maximum absolute atomic E-state index is 11.6. The Labute approximate surface area is 92.8 Å². The molecule has 0 aliphatic rings. The van der Waals surface area contributed by atoms with E-state index in [1.807, 2.05) is 0 Å². The van der Waals surface area contributed by atoms with Crippen LogP contribution in [0, 0.1) is 6.92 Å². The Morgan fingerprint density at radius 1 is 1.50 bits per heavy atom. The Hall–Kier alpha value is -1.92. The van der Waals surface area contributed by atoms with Crippen LogP contribution < -0.4 is 11.1 Å². The number of nitrogens with two attached hydrogens (primary N) is 1. The predicted octanol–water partition coefficient (Wildman–Crippen LogP) is -0.503. The summed E-state index contributed by atoms with van der Waals surface area (Å²) in [6, 6.07) is 0. The minimum absolute atomic E-state index is 0.0510. The maximum atomic E-state index is 11.6. The lowest BCUT2D eigenvalue weighted by molar-refractivity contribution is -0.119. The van der Waals surface area contributed by atoms with Crippen molar-refractivity contribution < 1.29 is 9.59 Å². The number of aromatic amines is 1. The summed E-state index contributed by atoms with van der Waals surface area (Å²) < 4.78 is 0. The first-order valence-corrected chi connectivity index (χ1v) is 4.80. The maximum Gasteiger partial charge on any atom is 0.291 e. The molecular weight excluding hydrogens is 210 g/mol. The minimum atomic E-state index is -0.711. The quantitative estimate of drug-likeness (QED) is 0.640. The first-order chi connectivity index (χ1) is 7.30. The molecule has 7 nitrogen and oxygen atoms in total. The van der Waals surface area contributed by atoms with Gasteiger partial charge in [0.1, 0.15) is 5.82 Å². The molecule has 0 aliphatic heterocycles. The fourth-order valence-electron chi connectivity index (χ4n) is 1.29. The summed E-state index contributed by atoms with van der Waals surface area (Å²) in [6.45, 7) is 5.10. The molecule has 7 heteroatoms. The number of carbonyl (C=O) groups is 2. The molecular formula is C9H15N5O2. The number of rotatable bonds is 4. The van der Waals surface area contributed by atoms with E-state index in [0.29, 0.717) is 5.82 Å². The van der Waals surface area contributed by atoms with E-state index in [9.17, 15) is 9.59 Å². The van der Waals surface area contributed by atoms with E-state index in [0.717, 1.165) is 0 Å². The number of nitrogens with zero attached hydrogens (tertiary/aromatic N) is 2. The molecule has 0 aromatic carbocycles. The molecule has 1 heterocycles. The highest BCUT2D eigenvalue weighted by molar-refractivity contribution is 5.91. The Morgan fingerprint density at radius 3 is 2.56 bits per heavy atom. The number of hydrogen-bond acceptors (Lipinski definition) is 4. The molecule has 1 rings (SSSR count). The number of aromatic nitrogens is 3. The van der Waals surface area contributed by atoms with Crippen LogP contribution in [0.1, 0.15) is 36.7 Å². The van der Waals surface area contributed by atoms with Gasteiger partial charge >= 0.3 is 0 Å². The van der Waals surface area contributed by atoms with Crippen LogP contribution in [0.25, 0.3) is 0 Å². The van der Waals surface area contributed by atoms with E-state index in [1.165, 1.54) is 0 Å². The molecule has 0 atom stereocenters. The van der Waals surface area contributed by atoms with E-state index in [-0.39, 0.29) is 12.2 Å². The summed E-state index contributed by atoms with van der Waals surface area (Å²) >= 11 is 0. The van der Waals surface area contributed by atoms with Gasteiger partial charge in [-0.05, 0) is 20.8 Å². The summed E-state index contributed by atoms with van der Waals surface area (Å²) in [7, 11) is 0. The van der Waals surface area contributed by atoms with Crippen molar-refractivity contribution in [2.24, 2.45) is 5.73 Å². The average Bonchev–Trinajstić information content (AvgIpc) is 2.47. The molecule has 0 unspecified atom stereocenters. The van der Waals surface area contributed by atoms with Gasteiger partial charge in [0.15, 0.2) is 0 Å². The molecule has 0 fully saturated rings. The van der Waals surface area contributed by atoms with Gasteiger partial charge in [0.25, 0.3) is 5.91 Å². The van der Waals surface area contributed by atoms with Gasteiger partial charge in [0, 0.05) is 12.0 Å². The highest BCUT2D eigenvalue weighted by atomic mass is 16.2. The second kappa shape index (κ2) is 4.30. The SMILES string of the molecule is Cc1nc(C(=O)NC(C)(C)CC(N)=O)n[nH]1. The zero-order valence-corrected chi connectivity index (χ0v) is 9.50. The average molecular weight is 225 g/mol. The summed E-state index contributed by atoms with van der Waals surface area (Å²) in [5.41, 5.74) is 4.36. The lowest BCUT2D eigenvalue weighted by Crippen LogP contribution is -2.46. The van der Waals surface area contributed by atoms with Gasteiger partial charge in [-0.3, -0.25) is 14.7 Å². The Bertz CT molecular complexity index is 410. The molecule has 1 aromatic heterocycles. The third-order valence-corrected chi connectivity index (χ3v) is 1.87. The molecule has 0 aliphatic carbocycles. The summed E-state index contributed by atoms with van der Waals surface area (Å²) in [5.74, 6) is -0.306. The summed E-state index contributed by atoms with van der Waals surface area (Å²) in [6.07, 6.45) is 0.0577. The Morgan fingerprint density at radius 2 is 2.12 bits per heavy atom. The number of nitrogens with one attached hydrogen (secondary N) is 2. The van der Waals surface area contributed by atoms with Crippen LogP contribution in [0.5, 0.6) is 0 Å². The second-order valence-electron chi connectivity index (χ2n) is 4.23. The third kappa shape index (κ3) is 3.34. The normalized spacial score (nSPS) is 11.2. The van der Waals surface area contributed by atoms with Crippen LogP contribution in [0.15, 0.2) is 0 Å². The van der Waals surface area contributed by atoms with Crippen LogP contribution in [0.3, 0.4) is 0 Å². The van der Waals surface area contributed by atoms with Crippen LogP contribution in [-0.2, 0) is 4.79 Å². The van der Waals surface area contributed by atoms with Crippen molar-refractivity contribution in [3.8, 4) is 0 Å². The highest BCUT2D eigenvalue weighted by Gasteiger charge is 2.25. The Kier molecular flexibility index (Phi) is 3.26. The van der Waals surface area contributed by atoms with Crippen molar-refractivity contribution in [2.75, 3.05) is 0 Å². The lowest BCUT2D eigenvalue weighted by atomic mass is 10.0. The van der Waals surface area contributed by atoms with Gasteiger partial charge in [-0.1, -0.05) is 0 Å². The van der Waals surface area contributed by atoms with Gasteiger partial charge in [-0.15, -0.1) is 5.10 Å². The molecule has 0 radical (unpaired) electrons. The van der Waals surface area contributed by atoms with E-state index in [2.05, 4.69) is 20.5 Å². The van der Waals surface area contributed by atoms with Crippen molar-refractivity contribution in [3.05, 3.63) is 11.6 Å². The fraction of sp³-hybridized carbons (Fsp3) is 0.556. The van der Waals surface area contributed by atoms with E-state index >= 15 is 0 Å². The molecule has 2 amide bonds. The molecule has 88 valence electrons. The van der Waals surface area contributed by atoms with Crippen molar-refractivity contribution in [2.45, 2.75) is 32.7 Å². The summed E-state index contributed by atoms with van der Waals surface area (Å²) in [5, 5.41) is 8.91. The highest BCUT2D eigenvalue weighted by Crippen LogP contribution is 2.08. The molecule has 0 saturated carbocycles. The predicted molar refractivity (Wildman–Crippen MR) is 56.5 cm³/mol. The molecule has 1 aromatic rings. The smallest absolute Gasteiger partial charge is 0.291 e. The Balaban J connectivity index is 2.67. The first-order valence-electron chi connectivity index (χ1n) is 4.80. The molecule has 0 spiro atoms. The molecule has 0 bridgehead atoms. The van der Waals surface area contributed by atoms with E-state index in [1.54, 1.807) is 20.8 Å². The van der Waals surface area contributed by atoms with Crippen LogP contribution in [0.4, 0.5) is 0 Å². The van der Waals surface area contributed by atoms with Crippen molar-refractivity contribution in [3.63, 3.8) is 0 Å². The molecule has 0 saturated heterocycles. The van der Waals surface area contributed by atoms with Crippen molar-refractivity contribution in [1.82, 2.24) is 20.5 Å². The molecule has 16 heavy (non-hydrogen) atoms. The topological polar surface area (TPSA) is 114 Å². The van der Waals surface area contributed by atoms with Crippen molar-refractivity contribution >= 4 is 11.8 Å². The van der Waals surface area contributed by atoms with Crippen LogP contribution >= 0.6 is 0 Å². The summed E-state index contributed by atoms with van der Waals surface area (Å²) in [4.78, 5) is 26.3. The van der Waals surface area contributed by atoms with Crippen molar-refractivity contribution in [1.29, 1.82) is 0 Å². The van der Waals surface area contributed by atoms with Gasteiger partial charge in [-0.2, -0.15) is 0 Å². The number of amides is 2.